The van der Waals surface area contributed by atoms with Crippen LogP contribution in [0, 0.1) is 19.8 Å². The average molecular weight is 246 g/mol. The van der Waals surface area contributed by atoms with E-state index < -0.39 is 0 Å². The predicted molar refractivity (Wildman–Crippen MR) is 79.4 cm³/mol. The Hall–Kier alpha value is -1.02. The summed E-state index contributed by atoms with van der Waals surface area (Å²) in [5.41, 5.74) is 4.47. The second-order valence-electron chi connectivity index (χ2n) is 6.07. The lowest BCUT2D eigenvalue weighted by Crippen LogP contribution is -2.45. The predicted octanol–water partition coefficient (Wildman–Crippen LogP) is 3.13. The number of anilines is 1. The largest absolute Gasteiger partial charge is 0.366 e. The average Bonchev–Trinajstić information content (AvgIpc) is 2.60. The molecule has 0 saturated carbocycles. The number of nitrogens with zero attached hydrogens (tertiary/aromatic N) is 1. The summed E-state index contributed by atoms with van der Waals surface area (Å²) in [6.07, 6.45) is 1.28. The third-order valence-electron chi connectivity index (χ3n) is 4.71. The van der Waals surface area contributed by atoms with Gasteiger partial charge in [-0.3, -0.25) is 0 Å². The molecule has 0 aromatic heterocycles. The van der Waals surface area contributed by atoms with Gasteiger partial charge in [-0.15, -0.1) is 0 Å². The normalized spacial score (nSPS) is 22.5. The molecule has 1 saturated heterocycles. The lowest BCUT2D eigenvalue weighted by Gasteiger charge is -2.39. The maximum Gasteiger partial charge on any atom is 0.0403 e. The van der Waals surface area contributed by atoms with Crippen molar-refractivity contribution < 1.29 is 0 Å². The van der Waals surface area contributed by atoms with E-state index in [-0.39, 0.29) is 5.54 Å². The third kappa shape index (κ3) is 2.14. The van der Waals surface area contributed by atoms with Crippen molar-refractivity contribution >= 4 is 5.69 Å². The molecule has 1 aliphatic heterocycles. The highest BCUT2D eigenvalue weighted by Crippen LogP contribution is 2.39. The van der Waals surface area contributed by atoms with Crippen molar-refractivity contribution in [3.63, 3.8) is 0 Å². The molecule has 18 heavy (non-hydrogen) atoms. The van der Waals surface area contributed by atoms with E-state index in [1.54, 1.807) is 0 Å². The Morgan fingerprint density at radius 2 is 2.06 bits per heavy atom. The van der Waals surface area contributed by atoms with E-state index in [0.717, 1.165) is 12.5 Å². The number of aryl methyl sites for hydroxylation is 1. The fourth-order valence-electron chi connectivity index (χ4n) is 3.20. The summed E-state index contributed by atoms with van der Waals surface area (Å²) in [5.74, 6) is 0.724. The summed E-state index contributed by atoms with van der Waals surface area (Å²) in [7, 11) is 2.05. The first-order chi connectivity index (χ1) is 8.48. The van der Waals surface area contributed by atoms with Gasteiger partial charge in [0.05, 0.1) is 0 Å². The van der Waals surface area contributed by atoms with Crippen LogP contribution in [0.15, 0.2) is 18.2 Å². The van der Waals surface area contributed by atoms with Gasteiger partial charge in [0.25, 0.3) is 0 Å². The van der Waals surface area contributed by atoms with Gasteiger partial charge in [0, 0.05) is 17.8 Å². The minimum atomic E-state index is 0.238. The molecule has 0 aliphatic carbocycles. The van der Waals surface area contributed by atoms with Gasteiger partial charge in [-0.2, -0.15) is 0 Å². The van der Waals surface area contributed by atoms with Crippen molar-refractivity contribution in [2.75, 3.05) is 25.0 Å². The Morgan fingerprint density at radius 1 is 1.33 bits per heavy atom. The SMILES string of the molecule is CNCC1CCN(c2cccc(C)c2C)C1(C)C. The molecule has 1 fully saturated rings. The highest BCUT2D eigenvalue weighted by atomic mass is 15.2. The van der Waals surface area contributed by atoms with Crippen molar-refractivity contribution in [2.45, 2.75) is 39.7 Å². The van der Waals surface area contributed by atoms with Crippen LogP contribution >= 0.6 is 0 Å². The molecule has 1 atom stereocenters. The Kier molecular flexibility index (Phi) is 3.67. The first kappa shape index (κ1) is 13.4. The molecule has 1 unspecified atom stereocenters. The van der Waals surface area contributed by atoms with E-state index in [9.17, 15) is 0 Å². The fourth-order valence-corrected chi connectivity index (χ4v) is 3.20. The topological polar surface area (TPSA) is 15.3 Å². The number of nitrogens with one attached hydrogen (secondary N) is 1. The molecular formula is C16H26N2. The Bertz CT molecular complexity index is 423. The van der Waals surface area contributed by atoms with Gasteiger partial charge < -0.3 is 10.2 Å². The quantitative estimate of drug-likeness (QED) is 0.881. The zero-order chi connectivity index (χ0) is 13.3. The van der Waals surface area contributed by atoms with Gasteiger partial charge in [0.1, 0.15) is 0 Å². The number of benzene rings is 1. The van der Waals surface area contributed by atoms with Gasteiger partial charge in [0.15, 0.2) is 0 Å². The number of hydrogen-bond donors (Lipinski definition) is 1. The van der Waals surface area contributed by atoms with Crippen molar-refractivity contribution in [2.24, 2.45) is 5.92 Å². The van der Waals surface area contributed by atoms with Crippen molar-refractivity contribution in [3.8, 4) is 0 Å². The number of hydrogen-bond acceptors (Lipinski definition) is 2. The van der Waals surface area contributed by atoms with Crippen molar-refractivity contribution in [1.29, 1.82) is 0 Å². The van der Waals surface area contributed by atoms with Gasteiger partial charge in [-0.05, 0) is 70.8 Å². The Morgan fingerprint density at radius 3 is 2.72 bits per heavy atom. The summed E-state index contributed by atoms with van der Waals surface area (Å²) in [5, 5.41) is 3.34. The molecule has 1 aromatic rings. The van der Waals surface area contributed by atoms with E-state index >= 15 is 0 Å². The lowest BCUT2D eigenvalue weighted by molar-refractivity contribution is 0.356. The zero-order valence-electron chi connectivity index (χ0n) is 12.4. The van der Waals surface area contributed by atoms with E-state index in [4.69, 9.17) is 0 Å². The highest BCUT2D eigenvalue weighted by molar-refractivity contribution is 5.58. The Labute approximate surface area is 111 Å². The van der Waals surface area contributed by atoms with Crippen LogP contribution in [-0.4, -0.2) is 25.7 Å². The lowest BCUT2D eigenvalue weighted by atomic mass is 9.88. The Balaban J connectivity index is 2.32. The maximum absolute atomic E-state index is 3.34. The minimum Gasteiger partial charge on any atom is -0.366 e. The first-order valence-electron chi connectivity index (χ1n) is 6.97. The molecule has 0 spiro atoms. The van der Waals surface area contributed by atoms with Crippen LogP contribution in [0.3, 0.4) is 0 Å². The molecular weight excluding hydrogens is 220 g/mol. The molecule has 0 amide bonds. The molecule has 1 N–H and O–H groups in total. The third-order valence-corrected chi connectivity index (χ3v) is 4.71. The minimum absolute atomic E-state index is 0.238. The van der Waals surface area contributed by atoms with Gasteiger partial charge >= 0.3 is 0 Å². The van der Waals surface area contributed by atoms with Gasteiger partial charge in [0.2, 0.25) is 0 Å². The van der Waals surface area contributed by atoms with Crippen molar-refractivity contribution in [1.82, 2.24) is 5.32 Å². The molecule has 2 heteroatoms. The van der Waals surface area contributed by atoms with Crippen LogP contribution in [0.2, 0.25) is 0 Å². The molecule has 1 heterocycles. The van der Waals surface area contributed by atoms with Crippen LogP contribution in [0.25, 0.3) is 0 Å². The van der Waals surface area contributed by atoms with E-state index in [2.05, 4.69) is 63.2 Å². The molecule has 2 nitrogen and oxygen atoms in total. The van der Waals surface area contributed by atoms with Crippen LogP contribution in [0.1, 0.15) is 31.4 Å². The monoisotopic (exact) mass is 246 g/mol. The summed E-state index contributed by atoms with van der Waals surface area (Å²) in [6, 6.07) is 6.65. The van der Waals surface area contributed by atoms with Crippen molar-refractivity contribution in [3.05, 3.63) is 29.3 Å². The van der Waals surface area contributed by atoms with Gasteiger partial charge in [-0.25, -0.2) is 0 Å². The van der Waals surface area contributed by atoms with Gasteiger partial charge in [-0.1, -0.05) is 12.1 Å². The summed E-state index contributed by atoms with van der Waals surface area (Å²) >= 11 is 0. The van der Waals surface area contributed by atoms with Crippen LogP contribution < -0.4 is 10.2 Å². The molecule has 0 bridgehead atoms. The molecule has 1 aromatic carbocycles. The molecule has 0 radical (unpaired) electrons. The van der Waals surface area contributed by atoms with Crippen LogP contribution in [0.5, 0.6) is 0 Å². The molecule has 1 aliphatic rings. The van der Waals surface area contributed by atoms with E-state index in [0.29, 0.717) is 0 Å². The summed E-state index contributed by atoms with van der Waals surface area (Å²) in [4.78, 5) is 2.59. The molecule has 2 rings (SSSR count). The smallest absolute Gasteiger partial charge is 0.0403 e. The van der Waals surface area contributed by atoms with Crippen LogP contribution in [-0.2, 0) is 0 Å². The zero-order valence-corrected chi connectivity index (χ0v) is 12.4. The second kappa shape index (κ2) is 4.93. The van der Waals surface area contributed by atoms with E-state index in [1.807, 2.05) is 0 Å². The maximum atomic E-state index is 3.34. The molecule has 100 valence electrons. The summed E-state index contributed by atoms with van der Waals surface area (Å²) < 4.78 is 0. The van der Waals surface area contributed by atoms with Crippen LogP contribution in [0.4, 0.5) is 5.69 Å². The first-order valence-corrected chi connectivity index (χ1v) is 6.97. The summed E-state index contributed by atoms with van der Waals surface area (Å²) in [6.45, 7) is 11.5. The number of rotatable bonds is 3. The fraction of sp³-hybridized carbons (Fsp3) is 0.625. The highest BCUT2D eigenvalue weighted by Gasteiger charge is 2.41. The van der Waals surface area contributed by atoms with E-state index in [1.165, 1.54) is 29.8 Å². The standard InChI is InChI=1S/C16H26N2/c1-12-7-6-8-15(13(12)2)18-10-9-14(11-17-5)16(18,3)4/h6-8,14,17H,9-11H2,1-5H3. The second-order valence-corrected chi connectivity index (χ2v) is 6.07.